The van der Waals surface area contributed by atoms with E-state index in [1.807, 2.05) is 24.3 Å². The van der Waals surface area contributed by atoms with Gasteiger partial charge in [-0.05, 0) is 89.9 Å². The summed E-state index contributed by atoms with van der Waals surface area (Å²) in [6.07, 6.45) is 52.1. The molecule has 0 atom stereocenters. The van der Waals surface area contributed by atoms with E-state index in [9.17, 15) is 14.2 Å². The van der Waals surface area contributed by atoms with E-state index >= 15 is 0 Å². The van der Waals surface area contributed by atoms with E-state index in [0.717, 1.165) is 38.5 Å². The molecule has 0 aromatic heterocycles. The van der Waals surface area contributed by atoms with Crippen LogP contribution in [0.3, 0.4) is 0 Å². The SMILES string of the molecule is CCCCC/C=C\C/C=C\C/C=C\C/C=C\CCCC(=O)OP(=O)(OCCN)OC(=O)CCC/C=C\C/C=C\C/C=C\C/C=C\CCCCC. The zero-order valence-corrected chi connectivity index (χ0v) is 32.2. The van der Waals surface area contributed by atoms with E-state index < -0.39 is 19.8 Å². The quantitative estimate of drug-likeness (QED) is 0.0410. The summed E-state index contributed by atoms with van der Waals surface area (Å²) in [6, 6.07) is 0. The first kappa shape index (κ1) is 47.0. The average molecular weight is 714 g/mol. The van der Waals surface area contributed by atoms with Crippen molar-refractivity contribution in [2.24, 2.45) is 5.73 Å². The summed E-state index contributed by atoms with van der Waals surface area (Å²) in [5, 5.41) is 0. The number of unbranched alkanes of at least 4 members (excludes halogenated alkanes) is 8. The maximum atomic E-state index is 12.9. The number of carbonyl (C=O) groups is 2. The van der Waals surface area contributed by atoms with Crippen molar-refractivity contribution in [2.75, 3.05) is 13.2 Å². The van der Waals surface area contributed by atoms with Crippen LogP contribution in [0.15, 0.2) is 97.2 Å². The van der Waals surface area contributed by atoms with Crippen LogP contribution in [0.2, 0.25) is 0 Å². The first-order valence-corrected chi connectivity index (χ1v) is 20.5. The van der Waals surface area contributed by atoms with Crippen molar-refractivity contribution < 1.29 is 27.7 Å². The highest BCUT2D eigenvalue weighted by atomic mass is 31.2. The minimum atomic E-state index is -4.39. The van der Waals surface area contributed by atoms with Gasteiger partial charge in [0.25, 0.3) is 0 Å². The van der Waals surface area contributed by atoms with Crippen LogP contribution in [0.25, 0.3) is 0 Å². The number of phosphoric ester groups is 1. The van der Waals surface area contributed by atoms with Gasteiger partial charge in [-0.3, -0.25) is 14.1 Å². The third kappa shape index (κ3) is 34.9. The fraction of sp³-hybridized carbons (Fsp3) is 0.571. The maximum absolute atomic E-state index is 12.9. The molecule has 0 aliphatic rings. The third-order valence-electron chi connectivity index (χ3n) is 7.21. The zero-order chi connectivity index (χ0) is 36.6. The molecular weight excluding hydrogens is 645 g/mol. The lowest BCUT2D eigenvalue weighted by Crippen LogP contribution is -2.14. The van der Waals surface area contributed by atoms with Crippen molar-refractivity contribution >= 4 is 19.8 Å². The van der Waals surface area contributed by atoms with Gasteiger partial charge in [0.1, 0.15) is 0 Å². The Kier molecular flexibility index (Phi) is 35.0. The normalized spacial score (nSPS) is 12.9. The van der Waals surface area contributed by atoms with Gasteiger partial charge in [0.15, 0.2) is 0 Å². The van der Waals surface area contributed by atoms with Gasteiger partial charge in [-0.15, -0.1) is 0 Å². The van der Waals surface area contributed by atoms with Crippen molar-refractivity contribution in [3.05, 3.63) is 97.2 Å². The first-order valence-electron chi connectivity index (χ1n) is 19.1. The van der Waals surface area contributed by atoms with E-state index in [1.165, 1.54) is 51.4 Å². The molecule has 0 bridgehead atoms. The molecule has 8 heteroatoms. The molecule has 0 amide bonds. The Morgan fingerprint density at radius 2 is 0.780 bits per heavy atom. The first-order chi connectivity index (χ1) is 24.5. The second-order valence-corrected chi connectivity index (χ2v) is 13.5. The summed E-state index contributed by atoms with van der Waals surface area (Å²) in [4.78, 5) is 24.7. The van der Waals surface area contributed by atoms with Crippen LogP contribution in [0.1, 0.15) is 142 Å². The Bertz CT molecular complexity index is 1040. The fourth-order valence-corrected chi connectivity index (χ4v) is 5.58. The van der Waals surface area contributed by atoms with Crippen LogP contribution in [0.4, 0.5) is 0 Å². The van der Waals surface area contributed by atoms with E-state index in [4.69, 9.17) is 19.3 Å². The number of hydrogen-bond acceptors (Lipinski definition) is 7. The number of hydrogen-bond donors (Lipinski definition) is 1. The second kappa shape index (κ2) is 37.3. The summed E-state index contributed by atoms with van der Waals surface area (Å²) in [7, 11) is -4.39. The van der Waals surface area contributed by atoms with Gasteiger partial charge in [0.2, 0.25) is 0 Å². The number of nitrogens with two attached hydrogens (primary N) is 1. The summed E-state index contributed by atoms with van der Waals surface area (Å²) in [5.41, 5.74) is 5.45. The summed E-state index contributed by atoms with van der Waals surface area (Å²) < 4.78 is 28.0. The largest absolute Gasteiger partial charge is 0.592 e. The van der Waals surface area contributed by atoms with Crippen molar-refractivity contribution in [3.63, 3.8) is 0 Å². The molecule has 0 aromatic carbocycles. The minimum absolute atomic E-state index is 0.0254. The van der Waals surface area contributed by atoms with Gasteiger partial charge in [0, 0.05) is 19.4 Å². The summed E-state index contributed by atoms with van der Waals surface area (Å²) >= 11 is 0. The van der Waals surface area contributed by atoms with E-state index in [0.29, 0.717) is 25.7 Å². The lowest BCUT2D eigenvalue weighted by atomic mass is 10.2. The van der Waals surface area contributed by atoms with Gasteiger partial charge in [0.05, 0.1) is 6.61 Å². The lowest BCUT2D eigenvalue weighted by Gasteiger charge is -2.16. The molecule has 0 fully saturated rings. The van der Waals surface area contributed by atoms with Crippen molar-refractivity contribution in [3.8, 4) is 0 Å². The number of phosphoric acid groups is 1. The molecule has 0 saturated heterocycles. The van der Waals surface area contributed by atoms with Crippen LogP contribution >= 0.6 is 7.82 Å². The maximum Gasteiger partial charge on any atom is 0.592 e. The van der Waals surface area contributed by atoms with Crippen molar-refractivity contribution in [1.82, 2.24) is 0 Å². The zero-order valence-electron chi connectivity index (χ0n) is 31.3. The number of rotatable bonds is 33. The van der Waals surface area contributed by atoms with Gasteiger partial charge in [-0.25, -0.2) is 4.57 Å². The molecule has 0 saturated carbocycles. The molecule has 0 aromatic rings. The predicted octanol–water partition coefficient (Wildman–Crippen LogP) is 12.4. The molecular formula is C42H68NO6P. The van der Waals surface area contributed by atoms with E-state index in [2.05, 4.69) is 86.8 Å². The highest BCUT2D eigenvalue weighted by Crippen LogP contribution is 2.50. The molecule has 0 radical (unpaired) electrons. The van der Waals surface area contributed by atoms with Gasteiger partial charge >= 0.3 is 19.8 Å². The lowest BCUT2D eigenvalue weighted by molar-refractivity contribution is -0.141. The van der Waals surface area contributed by atoms with Crippen molar-refractivity contribution in [2.45, 2.75) is 142 Å². The topological polar surface area (TPSA) is 105 Å². The number of allylic oxidation sites excluding steroid dienone is 16. The minimum Gasteiger partial charge on any atom is -0.361 e. The van der Waals surface area contributed by atoms with E-state index in [-0.39, 0.29) is 26.0 Å². The molecule has 0 aliphatic heterocycles. The van der Waals surface area contributed by atoms with Crippen LogP contribution in [0.5, 0.6) is 0 Å². The standard InChI is InChI=1S/C42H68NO6P/c1-3-5-7-9-11-13-15-17-19-21-23-25-27-29-31-33-35-37-41(44)48-50(46,47-40-39-43)49-42(45)38-36-34-32-30-28-26-24-22-20-18-16-14-12-10-8-6-4-2/h11-14,17-20,23-26,29-32H,3-10,15-16,21-22,27-28,33-40,43H2,1-2H3/b13-11-,14-12-,19-17-,20-18-,25-23-,26-24-,31-29-,32-30-. The van der Waals surface area contributed by atoms with Gasteiger partial charge < -0.3 is 14.8 Å². The Morgan fingerprint density at radius 3 is 1.08 bits per heavy atom. The van der Waals surface area contributed by atoms with Gasteiger partial charge in [-0.1, -0.05) is 137 Å². The third-order valence-corrected chi connectivity index (χ3v) is 8.57. The molecule has 50 heavy (non-hydrogen) atoms. The van der Waals surface area contributed by atoms with Crippen LogP contribution in [-0.2, 0) is 27.7 Å². The van der Waals surface area contributed by atoms with Crippen LogP contribution in [-0.4, -0.2) is 25.1 Å². The molecule has 0 unspecified atom stereocenters. The number of carbonyl (C=O) groups excluding carboxylic acids is 2. The summed E-state index contributed by atoms with van der Waals surface area (Å²) in [5.74, 6) is -1.48. The monoisotopic (exact) mass is 713 g/mol. The Labute approximate surface area is 305 Å². The molecule has 0 heterocycles. The molecule has 0 spiro atoms. The molecule has 2 N–H and O–H groups in total. The van der Waals surface area contributed by atoms with Crippen LogP contribution < -0.4 is 5.73 Å². The Morgan fingerprint density at radius 1 is 0.480 bits per heavy atom. The highest BCUT2D eigenvalue weighted by molar-refractivity contribution is 7.49. The molecule has 282 valence electrons. The molecule has 0 rings (SSSR count). The Hall–Kier alpha value is -2.99. The second-order valence-electron chi connectivity index (χ2n) is 12.0. The smallest absolute Gasteiger partial charge is 0.361 e. The van der Waals surface area contributed by atoms with Crippen LogP contribution in [0, 0.1) is 0 Å². The van der Waals surface area contributed by atoms with Crippen molar-refractivity contribution in [1.29, 1.82) is 0 Å². The summed E-state index contributed by atoms with van der Waals surface area (Å²) in [6.45, 7) is 4.32. The van der Waals surface area contributed by atoms with E-state index in [1.54, 1.807) is 0 Å². The highest BCUT2D eigenvalue weighted by Gasteiger charge is 2.34. The van der Waals surface area contributed by atoms with Gasteiger partial charge in [-0.2, -0.15) is 0 Å². The fourth-order valence-electron chi connectivity index (χ4n) is 4.43. The molecule has 7 nitrogen and oxygen atoms in total. The predicted molar refractivity (Wildman–Crippen MR) is 212 cm³/mol. The average Bonchev–Trinajstić information content (AvgIpc) is 3.10. The molecule has 0 aliphatic carbocycles. The Balaban J connectivity index is 4.17.